The standard InChI is InChI=1S/C9H14FNO/c1-3-4-5-8(9(11)12)6-7(2)10/h3-6,8-9,12H,1,11H2,2H3/b5-4?,7-6+. The minimum absolute atomic E-state index is 0.363. The van der Waals surface area contributed by atoms with Crippen molar-refractivity contribution < 1.29 is 9.50 Å². The zero-order valence-electron chi connectivity index (χ0n) is 7.07. The van der Waals surface area contributed by atoms with Gasteiger partial charge in [-0.3, -0.25) is 0 Å². The molecule has 12 heavy (non-hydrogen) atoms. The third kappa shape index (κ3) is 4.82. The molecule has 0 aromatic rings. The summed E-state index contributed by atoms with van der Waals surface area (Å²) in [6.45, 7) is 4.75. The molecular weight excluding hydrogens is 157 g/mol. The van der Waals surface area contributed by atoms with E-state index in [0.29, 0.717) is 0 Å². The van der Waals surface area contributed by atoms with E-state index in [2.05, 4.69) is 6.58 Å². The van der Waals surface area contributed by atoms with Crippen LogP contribution < -0.4 is 5.73 Å². The lowest BCUT2D eigenvalue weighted by Gasteiger charge is -2.10. The Balaban J connectivity index is 4.34. The Morgan fingerprint density at radius 1 is 1.67 bits per heavy atom. The predicted octanol–water partition coefficient (Wildman–Crippen LogP) is 1.50. The molecule has 3 N–H and O–H groups in total. The molecule has 3 heteroatoms. The summed E-state index contributed by atoms with van der Waals surface area (Å²) in [6, 6.07) is 0. The Kier molecular flexibility index (Phi) is 5.25. The first kappa shape index (κ1) is 11.1. The highest BCUT2D eigenvalue weighted by molar-refractivity contribution is 5.08. The summed E-state index contributed by atoms with van der Waals surface area (Å²) in [4.78, 5) is 0. The first-order chi connectivity index (χ1) is 5.57. The molecule has 0 bridgehead atoms. The lowest BCUT2D eigenvalue weighted by Crippen LogP contribution is -2.26. The normalized spacial score (nSPS) is 17.8. The maximum absolute atomic E-state index is 12.4. The van der Waals surface area contributed by atoms with Gasteiger partial charge in [-0.1, -0.05) is 24.8 Å². The summed E-state index contributed by atoms with van der Waals surface area (Å²) in [7, 11) is 0. The fourth-order valence-electron chi connectivity index (χ4n) is 0.740. The molecule has 0 amide bonds. The third-order valence-electron chi connectivity index (χ3n) is 1.29. The molecule has 2 unspecified atom stereocenters. The van der Waals surface area contributed by atoms with Crippen LogP contribution in [0.3, 0.4) is 0 Å². The number of halogens is 1. The molecule has 0 aliphatic rings. The van der Waals surface area contributed by atoms with Crippen LogP contribution in [0.4, 0.5) is 4.39 Å². The average molecular weight is 171 g/mol. The molecule has 0 fully saturated rings. The van der Waals surface area contributed by atoms with E-state index in [1.807, 2.05) is 0 Å². The van der Waals surface area contributed by atoms with E-state index in [9.17, 15) is 4.39 Å². The van der Waals surface area contributed by atoms with Crippen molar-refractivity contribution in [1.82, 2.24) is 0 Å². The summed E-state index contributed by atoms with van der Waals surface area (Å²) < 4.78 is 12.4. The van der Waals surface area contributed by atoms with Crippen LogP contribution in [-0.2, 0) is 0 Å². The van der Waals surface area contributed by atoms with Gasteiger partial charge in [0, 0.05) is 5.92 Å². The van der Waals surface area contributed by atoms with E-state index in [1.165, 1.54) is 19.1 Å². The summed E-state index contributed by atoms with van der Waals surface area (Å²) in [5, 5.41) is 8.97. The van der Waals surface area contributed by atoms with Crippen LogP contribution in [0.15, 0.2) is 36.7 Å². The van der Waals surface area contributed by atoms with E-state index in [1.54, 1.807) is 12.2 Å². The number of aliphatic hydroxyl groups is 1. The van der Waals surface area contributed by atoms with Gasteiger partial charge in [0.2, 0.25) is 0 Å². The van der Waals surface area contributed by atoms with Crippen molar-refractivity contribution in [3.8, 4) is 0 Å². The van der Waals surface area contributed by atoms with Crippen LogP contribution in [-0.4, -0.2) is 11.3 Å². The lowest BCUT2D eigenvalue weighted by molar-refractivity contribution is 0.155. The topological polar surface area (TPSA) is 46.2 Å². The van der Waals surface area contributed by atoms with Crippen molar-refractivity contribution in [3.05, 3.63) is 36.7 Å². The third-order valence-corrected chi connectivity index (χ3v) is 1.29. The number of rotatable bonds is 4. The fraction of sp³-hybridized carbons (Fsp3) is 0.333. The zero-order chi connectivity index (χ0) is 9.56. The van der Waals surface area contributed by atoms with Crippen molar-refractivity contribution in [2.24, 2.45) is 11.7 Å². The number of nitrogens with two attached hydrogens (primary N) is 1. The van der Waals surface area contributed by atoms with Crippen LogP contribution in [0, 0.1) is 5.92 Å². The molecule has 68 valence electrons. The first-order valence-electron chi connectivity index (χ1n) is 3.64. The molecule has 0 rings (SSSR count). The number of hydrogen-bond acceptors (Lipinski definition) is 2. The van der Waals surface area contributed by atoms with Crippen molar-refractivity contribution in [2.45, 2.75) is 13.2 Å². The van der Waals surface area contributed by atoms with Gasteiger partial charge in [0.25, 0.3) is 0 Å². The highest BCUT2D eigenvalue weighted by atomic mass is 19.1. The second-order valence-corrected chi connectivity index (χ2v) is 2.44. The molecule has 2 nitrogen and oxygen atoms in total. The van der Waals surface area contributed by atoms with Crippen molar-refractivity contribution in [2.75, 3.05) is 0 Å². The maximum Gasteiger partial charge on any atom is 0.112 e. The SMILES string of the molecule is C=CC=CC(/C=C(\C)F)C(N)O. The van der Waals surface area contributed by atoms with Gasteiger partial charge in [-0.25, -0.2) is 4.39 Å². The van der Waals surface area contributed by atoms with Crippen molar-refractivity contribution >= 4 is 0 Å². The van der Waals surface area contributed by atoms with Gasteiger partial charge >= 0.3 is 0 Å². The molecular formula is C9H14FNO. The van der Waals surface area contributed by atoms with Gasteiger partial charge < -0.3 is 10.8 Å². The van der Waals surface area contributed by atoms with E-state index in [4.69, 9.17) is 10.8 Å². The van der Waals surface area contributed by atoms with Gasteiger partial charge in [-0.2, -0.15) is 0 Å². The molecule has 0 aromatic carbocycles. The summed E-state index contributed by atoms with van der Waals surface area (Å²) in [5.41, 5.74) is 5.18. The molecule has 0 spiro atoms. The van der Waals surface area contributed by atoms with Gasteiger partial charge in [-0.15, -0.1) is 0 Å². The molecule has 0 aliphatic carbocycles. The summed E-state index contributed by atoms with van der Waals surface area (Å²) >= 11 is 0. The quantitative estimate of drug-likeness (QED) is 0.497. The maximum atomic E-state index is 12.4. The minimum Gasteiger partial charge on any atom is -0.378 e. The number of aliphatic hydroxyl groups excluding tert-OH is 1. The lowest BCUT2D eigenvalue weighted by atomic mass is 10.1. The Labute approximate surface area is 71.9 Å². The van der Waals surface area contributed by atoms with Crippen LogP contribution in [0.2, 0.25) is 0 Å². The molecule has 0 aromatic heterocycles. The Hall–Kier alpha value is -0.930. The Bertz CT molecular complexity index is 193. The number of hydrogen-bond donors (Lipinski definition) is 2. The number of allylic oxidation sites excluding steroid dienone is 3. The van der Waals surface area contributed by atoms with E-state index < -0.39 is 12.1 Å². The van der Waals surface area contributed by atoms with Gasteiger partial charge in [-0.05, 0) is 13.0 Å². The van der Waals surface area contributed by atoms with Crippen molar-refractivity contribution in [3.63, 3.8) is 0 Å². The minimum atomic E-state index is -1.08. The molecule has 0 heterocycles. The van der Waals surface area contributed by atoms with Crippen LogP contribution in [0.25, 0.3) is 0 Å². The van der Waals surface area contributed by atoms with Gasteiger partial charge in [0.05, 0.1) is 5.83 Å². The Morgan fingerprint density at radius 2 is 2.25 bits per heavy atom. The predicted molar refractivity (Wildman–Crippen MR) is 47.9 cm³/mol. The molecule has 2 atom stereocenters. The van der Waals surface area contributed by atoms with Crippen molar-refractivity contribution in [1.29, 1.82) is 0 Å². The van der Waals surface area contributed by atoms with Crippen LogP contribution in [0.5, 0.6) is 0 Å². The van der Waals surface area contributed by atoms with Gasteiger partial charge in [0.15, 0.2) is 0 Å². The smallest absolute Gasteiger partial charge is 0.112 e. The average Bonchev–Trinajstić information content (AvgIpc) is 1.96. The highest BCUT2D eigenvalue weighted by Gasteiger charge is 2.08. The highest BCUT2D eigenvalue weighted by Crippen LogP contribution is 2.08. The van der Waals surface area contributed by atoms with Crippen LogP contribution >= 0.6 is 0 Å². The monoisotopic (exact) mass is 171 g/mol. The largest absolute Gasteiger partial charge is 0.378 e. The first-order valence-corrected chi connectivity index (χ1v) is 3.64. The van der Waals surface area contributed by atoms with Crippen LogP contribution in [0.1, 0.15) is 6.92 Å². The van der Waals surface area contributed by atoms with E-state index in [0.717, 1.165) is 0 Å². The second kappa shape index (κ2) is 5.69. The molecule has 0 saturated carbocycles. The summed E-state index contributed by atoms with van der Waals surface area (Å²) in [6.07, 6.45) is 4.91. The van der Waals surface area contributed by atoms with E-state index in [-0.39, 0.29) is 5.83 Å². The Morgan fingerprint density at radius 3 is 2.58 bits per heavy atom. The zero-order valence-corrected chi connectivity index (χ0v) is 7.07. The summed E-state index contributed by atoms with van der Waals surface area (Å²) in [5.74, 6) is -0.855. The second-order valence-electron chi connectivity index (χ2n) is 2.44. The fourth-order valence-corrected chi connectivity index (χ4v) is 0.740. The molecule has 0 aliphatic heterocycles. The van der Waals surface area contributed by atoms with Gasteiger partial charge in [0.1, 0.15) is 6.23 Å². The van der Waals surface area contributed by atoms with E-state index >= 15 is 0 Å². The molecule has 0 radical (unpaired) electrons. The molecule has 0 saturated heterocycles.